The molecule has 2 aromatic rings. The summed E-state index contributed by atoms with van der Waals surface area (Å²) in [6.07, 6.45) is 0.705. The van der Waals surface area contributed by atoms with Crippen molar-refractivity contribution in [2.45, 2.75) is 26.7 Å². The van der Waals surface area contributed by atoms with Crippen molar-refractivity contribution in [2.75, 3.05) is 11.9 Å². The van der Waals surface area contributed by atoms with Crippen LogP contribution in [0.2, 0.25) is 0 Å². The zero-order valence-corrected chi connectivity index (χ0v) is 15.5. The van der Waals surface area contributed by atoms with Crippen LogP contribution >= 0.6 is 15.9 Å². The van der Waals surface area contributed by atoms with E-state index >= 15 is 0 Å². The molecule has 0 radical (unpaired) electrons. The fraction of sp³-hybridized carbons (Fsp3) is 0.263. The SMILES string of the molecule is Cc1cccc(C(C)C)c1NC(=O)COc1ccc(Br)cc1C=O. The van der Waals surface area contributed by atoms with Gasteiger partial charge in [0.25, 0.3) is 5.91 Å². The number of hydrogen-bond acceptors (Lipinski definition) is 3. The van der Waals surface area contributed by atoms with Crippen molar-refractivity contribution in [2.24, 2.45) is 0 Å². The molecule has 1 N–H and O–H groups in total. The molecular weight excluding hydrogens is 370 g/mol. The normalized spacial score (nSPS) is 10.5. The van der Waals surface area contributed by atoms with E-state index in [0.29, 0.717) is 23.5 Å². The Balaban J connectivity index is 2.09. The molecule has 1 amide bonds. The van der Waals surface area contributed by atoms with Gasteiger partial charge in [0, 0.05) is 10.2 Å². The Morgan fingerprint density at radius 2 is 2.04 bits per heavy atom. The zero-order valence-electron chi connectivity index (χ0n) is 13.9. The Morgan fingerprint density at radius 1 is 1.29 bits per heavy atom. The van der Waals surface area contributed by atoms with E-state index in [-0.39, 0.29) is 12.5 Å². The van der Waals surface area contributed by atoms with Crippen LogP contribution in [0.4, 0.5) is 5.69 Å². The van der Waals surface area contributed by atoms with Crippen LogP contribution in [0.5, 0.6) is 5.75 Å². The van der Waals surface area contributed by atoms with Gasteiger partial charge >= 0.3 is 0 Å². The number of carbonyl (C=O) groups is 2. The number of ether oxygens (including phenoxy) is 1. The van der Waals surface area contributed by atoms with Gasteiger partial charge in [-0.2, -0.15) is 0 Å². The van der Waals surface area contributed by atoms with Gasteiger partial charge in [0.15, 0.2) is 12.9 Å². The highest BCUT2D eigenvalue weighted by Gasteiger charge is 2.13. The molecule has 0 saturated heterocycles. The van der Waals surface area contributed by atoms with Crippen LogP contribution in [-0.2, 0) is 4.79 Å². The maximum atomic E-state index is 12.2. The minimum absolute atomic E-state index is 0.158. The lowest BCUT2D eigenvalue weighted by molar-refractivity contribution is -0.118. The van der Waals surface area contributed by atoms with E-state index in [2.05, 4.69) is 35.1 Å². The molecule has 0 aliphatic carbocycles. The highest BCUT2D eigenvalue weighted by Crippen LogP contribution is 2.27. The summed E-state index contributed by atoms with van der Waals surface area (Å²) in [4.78, 5) is 23.3. The second kappa shape index (κ2) is 8.11. The Hall–Kier alpha value is -2.14. The minimum Gasteiger partial charge on any atom is -0.483 e. The van der Waals surface area contributed by atoms with Gasteiger partial charge in [0.05, 0.1) is 5.56 Å². The summed E-state index contributed by atoms with van der Waals surface area (Å²) in [7, 11) is 0. The van der Waals surface area contributed by atoms with E-state index in [0.717, 1.165) is 21.3 Å². The lowest BCUT2D eigenvalue weighted by Gasteiger charge is -2.16. The first kappa shape index (κ1) is 18.2. The number of hydrogen-bond donors (Lipinski definition) is 1. The van der Waals surface area contributed by atoms with Gasteiger partial charge in [0.2, 0.25) is 0 Å². The molecule has 0 spiro atoms. The predicted octanol–water partition coefficient (Wildman–Crippen LogP) is 4.71. The molecule has 2 rings (SSSR count). The first-order chi connectivity index (χ1) is 11.4. The maximum absolute atomic E-state index is 12.2. The third-order valence-corrected chi connectivity index (χ3v) is 4.14. The summed E-state index contributed by atoms with van der Waals surface area (Å²) in [6.45, 7) is 5.97. The lowest BCUT2D eigenvalue weighted by atomic mass is 9.98. The third kappa shape index (κ3) is 4.45. The molecule has 126 valence electrons. The van der Waals surface area contributed by atoms with Crippen molar-refractivity contribution in [1.29, 1.82) is 0 Å². The number of amides is 1. The van der Waals surface area contributed by atoms with Crippen molar-refractivity contribution in [3.8, 4) is 5.75 Å². The second-order valence-electron chi connectivity index (χ2n) is 5.83. The summed E-state index contributed by atoms with van der Waals surface area (Å²) in [5.74, 6) is 0.428. The standard InChI is InChI=1S/C19H20BrNO3/c1-12(2)16-6-4-5-13(3)19(16)21-18(23)11-24-17-8-7-15(20)9-14(17)10-22/h4-10,12H,11H2,1-3H3,(H,21,23). The highest BCUT2D eigenvalue weighted by atomic mass is 79.9. The summed E-state index contributed by atoms with van der Waals surface area (Å²) in [5.41, 5.74) is 3.32. The van der Waals surface area contributed by atoms with Gasteiger partial charge in [-0.15, -0.1) is 0 Å². The first-order valence-corrected chi connectivity index (χ1v) is 8.48. The number of aryl methyl sites for hydroxylation is 1. The predicted molar refractivity (Wildman–Crippen MR) is 98.9 cm³/mol. The van der Waals surface area contributed by atoms with Crippen LogP contribution in [0.1, 0.15) is 41.3 Å². The maximum Gasteiger partial charge on any atom is 0.262 e. The van der Waals surface area contributed by atoms with Crippen LogP contribution in [0.25, 0.3) is 0 Å². The molecule has 0 unspecified atom stereocenters. The number of carbonyl (C=O) groups excluding carboxylic acids is 2. The number of aldehydes is 1. The van der Waals surface area contributed by atoms with Crippen molar-refractivity contribution in [3.05, 3.63) is 57.6 Å². The largest absolute Gasteiger partial charge is 0.483 e. The van der Waals surface area contributed by atoms with Gasteiger partial charge < -0.3 is 10.1 Å². The van der Waals surface area contributed by atoms with Crippen LogP contribution in [0, 0.1) is 6.92 Å². The van der Waals surface area contributed by atoms with Crippen molar-refractivity contribution < 1.29 is 14.3 Å². The van der Waals surface area contributed by atoms with E-state index in [1.165, 1.54) is 0 Å². The monoisotopic (exact) mass is 389 g/mol. The number of halogens is 1. The fourth-order valence-corrected chi connectivity index (χ4v) is 2.78. The number of para-hydroxylation sites is 1. The van der Waals surface area contributed by atoms with Gasteiger partial charge in [-0.25, -0.2) is 0 Å². The molecular formula is C19H20BrNO3. The summed E-state index contributed by atoms with van der Waals surface area (Å²) in [5, 5.41) is 2.92. The zero-order chi connectivity index (χ0) is 17.7. The van der Waals surface area contributed by atoms with Gasteiger partial charge in [-0.3, -0.25) is 9.59 Å². The molecule has 0 bridgehead atoms. The molecule has 4 nitrogen and oxygen atoms in total. The highest BCUT2D eigenvalue weighted by molar-refractivity contribution is 9.10. The average molecular weight is 390 g/mol. The molecule has 0 atom stereocenters. The Bertz CT molecular complexity index is 756. The van der Waals surface area contributed by atoms with E-state index < -0.39 is 0 Å². The first-order valence-electron chi connectivity index (χ1n) is 7.69. The topological polar surface area (TPSA) is 55.4 Å². The van der Waals surface area contributed by atoms with E-state index in [9.17, 15) is 9.59 Å². The Morgan fingerprint density at radius 3 is 2.71 bits per heavy atom. The van der Waals surface area contributed by atoms with Gasteiger partial charge in [-0.05, 0) is 42.2 Å². The van der Waals surface area contributed by atoms with Crippen LogP contribution < -0.4 is 10.1 Å². The molecule has 5 heteroatoms. The molecule has 2 aromatic carbocycles. The minimum atomic E-state index is -0.258. The Kier molecular flexibility index (Phi) is 6.15. The van der Waals surface area contributed by atoms with E-state index in [1.54, 1.807) is 18.2 Å². The smallest absolute Gasteiger partial charge is 0.262 e. The summed E-state index contributed by atoms with van der Waals surface area (Å²) >= 11 is 3.30. The summed E-state index contributed by atoms with van der Waals surface area (Å²) < 4.78 is 6.27. The van der Waals surface area contributed by atoms with Crippen molar-refractivity contribution in [3.63, 3.8) is 0 Å². The molecule has 0 heterocycles. The fourth-order valence-electron chi connectivity index (χ4n) is 2.40. The third-order valence-electron chi connectivity index (χ3n) is 3.65. The number of benzene rings is 2. The average Bonchev–Trinajstić information content (AvgIpc) is 2.55. The molecule has 0 aliphatic rings. The van der Waals surface area contributed by atoms with Crippen molar-refractivity contribution in [1.82, 2.24) is 0 Å². The molecule has 0 fully saturated rings. The number of nitrogens with one attached hydrogen (secondary N) is 1. The molecule has 0 saturated carbocycles. The van der Waals surface area contributed by atoms with E-state index in [1.807, 2.05) is 25.1 Å². The van der Waals surface area contributed by atoms with Gasteiger partial charge in [-0.1, -0.05) is 48.0 Å². The number of rotatable bonds is 6. The Labute approximate surface area is 150 Å². The van der Waals surface area contributed by atoms with Crippen LogP contribution in [-0.4, -0.2) is 18.8 Å². The summed E-state index contributed by atoms with van der Waals surface area (Å²) in [6, 6.07) is 11.0. The van der Waals surface area contributed by atoms with Crippen molar-refractivity contribution >= 4 is 33.8 Å². The second-order valence-corrected chi connectivity index (χ2v) is 6.75. The quantitative estimate of drug-likeness (QED) is 0.727. The van der Waals surface area contributed by atoms with Crippen LogP contribution in [0.3, 0.4) is 0 Å². The number of anilines is 1. The lowest BCUT2D eigenvalue weighted by Crippen LogP contribution is -2.22. The molecule has 0 aliphatic heterocycles. The van der Waals surface area contributed by atoms with Gasteiger partial charge in [0.1, 0.15) is 5.75 Å². The molecule has 24 heavy (non-hydrogen) atoms. The van der Waals surface area contributed by atoms with E-state index in [4.69, 9.17) is 4.74 Å². The molecule has 0 aromatic heterocycles. The van der Waals surface area contributed by atoms with Crippen LogP contribution in [0.15, 0.2) is 40.9 Å².